The second kappa shape index (κ2) is 4.78. The summed E-state index contributed by atoms with van der Waals surface area (Å²) < 4.78 is 16.0. The number of hydrogen-bond donors (Lipinski definition) is 1. The molecule has 2 aromatic rings. The highest BCUT2D eigenvalue weighted by molar-refractivity contribution is 7.71. The first-order valence-corrected chi connectivity index (χ1v) is 6.35. The van der Waals surface area contributed by atoms with Gasteiger partial charge in [0.1, 0.15) is 5.82 Å². The fourth-order valence-corrected chi connectivity index (χ4v) is 2.22. The molecule has 0 aliphatic rings. The second-order valence-corrected chi connectivity index (χ2v) is 5.34. The molecule has 1 heterocycles. The third-order valence-electron chi connectivity index (χ3n) is 2.75. The third kappa shape index (κ3) is 2.53. The summed E-state index contributed by atoms with van der Waals surface area (Å²) in [5.74, 6) is 0.172. The summed E-state index contributed by atoms with van der Waals surface area (Å²) in [5.41, 5.74) is 1.56. The topological polar surface area (TPSA) is 20.7 Å². The highest BCUT2D eigenvalue weighted by atomic mass is 35.5. The fraction of sp³-hybridized carbons (Fsp3) is 0.417. The lowest BCUT2D eigenvalue weighted by atomic mass is 10.1. The van der Waals surface area contributed by atoms with Gasteiger partial charge in [-0.3, -0.25) is 0 Å². The molecule has 0 fully saturated rings. The zero-order valence-electron chi connectivity index (χ0n) is 9.76. The first-order valence-electron chi connectivity index (χ1n) is 5.56. The number of nitrogens with zero attached hydrogens (tertiary/aromatic N) is 1. The lowest BCUT2D eigenvalue weighted by Crippen LogP contribution is -2.01. The number of aryl methyl sites for hydroxylation is 1. The Bertz CT molecular complexity index is 600. The minimum Gasteiger partial charge on any atom is -0.331 e. The van der Waals surface area contributed by atoms with Crippen molar-refractivity contribution in [3.63, 3.8) is 0 Å². The van der Waals surface area contributed by atoms with E-state index in [0.717, 1.165) is 24.0 Å². The van der Waals surface area contributed by atoms with E-state index in [1.54, 1.807) is 6.07 Å². The van der Waals surface area contributed by atoms with Crippen molar-refractivity contribution >= 4 is 34.9 Å². The van der Waals surface area contributed by atoms with Crippen molar-refractivity contribution in [2.45, 2.75) is 26.8 Å². The van der Waals surface area contributed by atoms with Gasteiger partial charge in [0.05, 0.1) is 16.1 Å². The van der Waals surface area contributed by atoms with Gasteiger partial charge in [0.2, 0.25) is 0 Å². The van der Waals surface area contributed by atoms with Crippen LogP contribution in [0.4, 0.5) is 4.39 Å². The Morgan fingerprint density at radius 2 is 2.18 bits per heavy atom. The second-order valence-electron chi connectivity index (χ2n) is 4.55. The Kier molecular flexibility index (Phi) is 3.54. The molecule has 0 atom stereocenters. The van der Waals surface area contributed by atoms with Crippen LogP contribution in [0.15, 0.2) is 12.1 Å². The van der Waals surface area contributed by atoms with E-state index < -0.39 is 5.82 Å². The summed E-state index contributed by atoms with van der Waals surface area (Å²) >= 11 is 11.0. The van der Waals surface area contributed by atoms with Crippen molar-refractivity contribution in [1.82, 2.24) is 9.55 Å². The zero-order valence-corrected chi connectivity index (χ0v) is 11.3. The van der Waals surface area contributed by atoms with Crippen LogP contribution in [0.1, 0.15) is 20.3 Å². The van der Waals surface area contributed by atoms with E-state index in [2.05, 4.69) is 18.8 Å². The standard InChI is InChI=1S/C12H14ClFN2S/c1-7(2)3-4-16-11-6-9(14)8(13)5-10(11)15-12(16)17/h5-7H,3-4H2,1-2H3,(H,15,17). The SMILES string of the molecule is CC(C)CCn1c(=S)[nH]c2cc(Cl)c(F)cc21. The van der Waals surface area contributed by atoms with Crippen LogP contribution in [-0.4, -0.2) is 9.55 Å². The van der Waals surface area contributed by atoms with Crippen LogP contribution in [-0.2, 0) is 6.54 Å². The van der Waals surface area contributed by atoms with Crippen LogP contribution >= 0.6 is 23.8 Å². The van der Waals surface area contributed by atoms with Gasteiger partial charge < -0.3 is 9.55 Å². The van der Waals surface area contributed by atoms with E-state index in [-0.39, 0.29) is 5.02 Å². The molecule has 1 aromatic carbocycles. The summed E-state index contributed by atoms with van der Waals surface area (Å²) in [5, 5.41) is 0.116. The van der Waals surface area contributed by atoms with Crippen molar-refractivity contribution < 1.29 is 4.39 Å². The first kappa shape index (κ1) is 12.6. The van der Waals surface area contributed by atoms with Crippen molar-refractivity contribution in [2.24, 2.45) is 5.92 Å². The van der Waals surface area contributed by atoms with E-state index in [9.17, 15) is 4.39 Å². The molecule has 0 bridgehead atoms. The van der Waals surface area contributed by atoms with Crippen molar-refractivity contribution in [3.05, 3.63) is 27.7 Å². The van der Waals surface area contributed by atoms with Gasteiger partial charge >= 0.3 is 0 Å². The van der Waals surface area contributed by atoms with Crippen molar-refractivity contribution in [1.29, 1.82) is 0 Å². The molecule has 0 saturated carbocycles. The smallest absolute Gasteiger partial charge is 0.178 e. The van der Waals surface area contributed by atoms with E-state index in [1.165, 1.54) is 6.07 Å². The number of imidazole rings is 1. The molecule has 0 aliphatic carbocycles. The molecule has 0 spiro atoms. The highest BCUT2D eigenvalue weighted by Gasteiger charge is 2.09. The van der Waals surface area contributed by atoms with E-state index in [1.807, 2.05) is 4.57 Å². The molecule has 17 heavy (non-hydrogen) atoms. The maximum atomic E-state index is 13.4. The number of rotatable bonds is 3. The normalized spacial score (nSPS) is 11.6. The molecule has 5 heteroatoms. The summed E-state index contributed by atoms with van der Waals surface area (Å²) in [7, 11) is 0. The van der Waals surface area contributed by atoms with Crippen LogP contribution in [0.25, 0.3) is 11.0 Å². The molecule has 0 saturated heterocycles. The van der Waals surface area contributed by atoms with Crippen LogP contribution in [0.2, 0.25) is 5.02 Å². The van der Waals surface area contributed by atoms with Gasteiger partial charge in [-0.25, -0.2) is 4.39 Å². The molecule has 0 aliphatic heterocycles. The van der Waals surface area contributed by atoms with Gasteiger partial charge in [0.15, 0.2) is 4.77 Å². The van der Waals surface area contributed by atoms with E-state index in [4.69, 9.17) is 23.8 Å². The van der Waals surface area contributed by atoms with Gasteiger partial charge in [-0.15, -0.1) is 0 Å². The van der Waals surface area contributed by atoms with E-state index >= 15 is 0 Å². The minimum absolute atomic E-state index is 0.116. The van der Waals surface area contributed by atoms with Crippen molar-refractivity contribution in [3.8, 4) is 0 Å². The monoisotopic (exact) mass is 272 g/mol. The average molecular weight is 273 g/mol. The molecule has 1 aromatic heterocycles. The molecule has 1 N–H and O–H groups in total. The van der Waals surface area contributed by atoms with Gasteiger partial charge in [0.25, 0.3) is 0 Å². The number of H-pyrrole nitrogens is 1. The number of halogens is 2. The largest absolute Gasteiger partial charge is 0.331 e. The Morgan fingerprint density at radius 1 is 1.47 bits per heavy atom. The third-order valence-corrected chi connectivity index (χ3v) is 3.36. The number of benzene rings is 1. The molecule has 2 rings (SSSR count). The Balaban J connectivity index is 2.51. The maximum Gasteiger partial charge on any atom is 0.178 e. The number of nitrogens with one attached hydrogen (secondary N) is 1. The van der Waals surface area contributed by atoms with Gasteiger partial charge in [-0.05, 0) is 30.6 Å². The molecule has 0 radical (unpaired) electrons. The zero-order chi connectivity index (χ0) is 12.6. The average Bonchev–Trinajstić information content (AvgIpc) is 2.52. The molecule has 92 valence electrons. The Hall–Kier alpha value is -0.870. The fourth-order valence-electron chi connectivity index (χ4n) is 1.76. The number of aromatic amines is 1. The number of fused-ring (bicyclic) bond motifs is 1. The predicted molar refractivity (Wildman–Crippen MR) is 71.5 cm³/mol. The predicted octanol–water partition coefficient (Wildman–Crippen LogP) is 4.54. The quantitative estimate of drug-likeness (QED) is 0.814. The van der Waals surface area contributed by atoms with Crippen LogP contribution in [0.3, 0.4) is 0 Å². The Morgan fingerprint density at radius 3 is 2.82 bits per heavy atom. The van der Waals surface area contributed by atoms with Gasteiger partial charge in [0, 0.05) is 12.6 Å². The minimum atomic E-state index is -0.411. The molecular formula is C12H14ClFN2S. The summed E-state index contributed by atoms with van der Waals surface area (Å²) in [6, 6.07) is 3.01. The highest BCUT2D eigenvalue weighted by Crippen LogP contribution is 2.23. The van der Waals surface area contributed by atoms with Crippen LogP contribution < -0.4 is 0 Å². The molecule has 0 amide bonds. The summed E-state index contributed by atoms with van der Waals surface area (Å²) in [4.78, 5) is 3.05. The lowest BCUT2D eigenvalue weighted by molar-refractivity contribution is 0.519. The Labute approximate surface area is 109 Å². The summed E-state index contributed by atoms with van der Waals surface area (Å²) in [6.45, 7) is 5.09. The first-order chi connectivity index (χ1) is 7.99. The molecule has 0 unspecified atom stereocenters. The lowest BCUT2D eigenvalue weighted by Gasteiger charge is -2.07. The van der Waals surface area contributed by atoms with E-state index in [0.29, 0.717) is 10.7 Å². The van der Waals surface area contributed by atoms with Crippen molar-refractivity contribution in [2.75, 3.05) is 0 Å². The van der Waals surface area contributed by atoms with Crippen LogP contribution in [0.5, 0.6) is 0 Å². The van der Waals surface area contributed by atoms with Crippen LogP contribution in [0, 0.1) is 16.5 Å². The van der Waals surface area contributed by atoms with Gasteiger partial charge in [-0.1, -0.05) is 25.4 Å². The van der Waals surface area contributed by atoms with Gasteiger partial charge in [-0.2, -0.15) is 0 Å². The number of aromatic nitrogens is 2. The molecule has 2 nitrogen and oxygen atoms in total. The summed E-state index contributed by atoms with van der Waals surface area (Å²) in [6.07, 6.45) is 1.01. The number of hydrogen-bond acceptors (Lipinski definition) is 1. The maximum absolute atomic E-state index is 13.4. The molecular weight excluding hydrogens is 259 g/mol.